The van der Waals surface area contributed by atoms with E-state index < -0.39 is 11.7 Å². The second-order valence-corrected chi connectivity index (χ2v) is 7.03. The maximum atomic E-state index is 13.1. The maximum absolute atomic E-state index is 13.1. The van der Waals surface area contributed by atoms with Gasteiger partial charge in [0.05, 0.1) is 11.8 Å². The Morgan fingerprint density at radius 2 is 2.04 bits per heavy atom. The summed E-state index contributed by atoms with van der Waals surface area (Å²) in [4.78, 5) is 6.60. The number of aromatic nitrogens is 3. The lowest BCUT2D eigenvalue weighted by Crippen LogP contribution is -2.41. The van der Waals surface area contributed by atoms with E-state index in [2.05, 4.69) is 15.0 Å². The fourth-order valence-electron chi connectivity index (χ4n) is 3.91. The molecular weight excluding hydrogens is 369 g/mol. The molecule has 1 fully saturated rings. The van der Waals surface area contributed by atoms with Crippen molar-refractivity contribution in [3.05, 3.63) is 48.3 Å². The molecule has 1 aliphatic rings. The number of anilines is 1. The summed E-state index contributed by atoms with van der Waals surface area (Å²) in [5, 5.41) is 13.8. The van der Waals surface area contributed by atoms with Crippen molar-refractivity contribution in [2.24, 2.45) is 0 Å². The molecule has 0 aliphatic carbocycles. The second-order valence-electron chi connectivity index (χ2n) is 7.03. The van der Waals surface area contributed by atoms with Crippen molar-refractivity contribution in [1.29, 1.82) is 0 Å². The van der Waals surface area contributed by atoms with Crippen LogP contribution in [0.15, 0.2) is 42.7 Å². The van der Waals surface area contributed by atoms with Gasteiger partial charge in [-0.15, -0.1) is 0 Å². The van der Waals surface area contributed by atoms with Crippen molar-refractivity contribution in [1.82, 2.24) is 14.6 Å². The smallest absolute Gasteiger partial charge is 0.396 e. The fourth-order valence-corrected chi connectivity index (χ4v) is 3.91. The van der Waals surface area contributed by atoms with E-state index in [1.165, 1.54) is 6.07 Å². The third-order valence-corrected chi connectivity index (χ3v) is 5.27. The van der Waals surface area contributed by atoms with Gasteiger partial charge in [-0.3, -0.25) is 0 Å². The molecule has 0 saturated carbocycles. The van der Waals surface area contributed by atoms with Crippen LogP contribution in [-0.4, -0.2) is 38.9 Å². The number of benzene rings is 1. The summed E-state index contributed by atoms with van der Waals surface area (Å²) in [5.41, 5.74) is 0.813. The molecule has 3 aromatic rings. The predicted molar refractivity (Wildman–Crippen MR) is 100 cm³/mol. The van der Waals surface area contributed by atoms with Gasteiger partial charge in [-0.05, 0) is 49.4 Å². The maximum Gasteiger partial charge on any atom is 0.416 e. The van der Waals surface area contributed by atoms with Gasteiger partial charge in [0.25, 0.3) is 0 Å². The highest BCUT2D eigenvalue weighted by molar-refractivity contribution is 5.78. The normalized spacial score (nSPS) is 18.0. The van der Waals surface area contributed by atoms with Crippen LogP contribution in [0.5, 0.6) is 0 Å². The van der Waals surface area contributed by atoms with Crippen molar-refractivity contribution >= 4 is 11.5 Å². The Morgan fingerprint density at radius 3 is 2.82 bits per heavy atom. The Kier molecular flexibility index (Phi) is 4.97. The van der Waals surface area contributed by atoms with E-state index in [4.69, 9.17) is 0 Å². The van der Waals surface area contributed by atoms with Crippen molar-refractivity contribution in [3.63, 3.8) is 0 Å². The molecule has 1 aromatic carbocycles. The van der Waals surface area contributed by atoms with E-state index in [1.807, 2.05) is 6.07 Å². The molecule has 28 heavy (non-hydrogen) atoms. The molecule has 4 rings (SSSR count). The molecule has 3 heterocycles. The zero-order chi connectivity index (χ0) is 19.7. The number of hydrogen-bond donors (Lipinski definition) is 1. The van der Waals surface area contributed by atoms with Crippen molar-refractivity contribution in [2.75, 3.05) is 18.1 Å². The third-order valence-electron chi connectivity index (χ3n) is 5.27. The Morgan fingerprint density at radius 1 is 1.18 bits per heavy atom. The topological polar surface area (TPSA) is 53.7 Å². The van der Waals surface area contributed by atoms with Crippen LogP contribution in [0.2, 0.25) is 0 Å². The number of piperidine rings is 1. The molecule has 1 unspecified atom stereocenters. The largest absolute Gasteiger partial charge is 0.416 e. The van der Waals surface area contributed by atoms with Crippen LogP contribution >= 0.6 is 0 Å². The van der Waals surface area contributed by atoms with E-state index in [0.717, 1.165) is 43.8 Å². The summed E-state index contributed by atoms with van der Waals surface area (Å²) in [6, 6.07) is 7.29. The number of halogens is 3. The minimum Gasteiger partial charge on any atom is -0.396 e. The quantitative estimate of drug-likeness (QED) is 0.727. The lowest BCUT2D eigenvalue weighted by atomic mass is 9.99. The molecule has 1 saturated heterocycles. The molecule has 0 bridgehead atoms. The highest BCUT2D eigenvalue weighted by atomic mass is 19.4. The average molecular weight is 390 g/mol. The molecule has 0 radical (unpaired) electrons. The van der Waals surface area contributed by atoms with Crippen LogP contribution in [0.25, 0.3) is 16.8 Å². The molecular formula is C20H21F3N4O. The van der Waals surface area contributed by atoms with Crippen LogP contribution in [0.1, 0.15) is 31.2 Å². The second kappa shape index (κ2) is 7.43. The van der Waals surface area contributed by atoms with Gasteiger partial charge in [-0.1, -0.05) is 12.1 Å². The zero-order valence-electron chi connectivity index (χ0n) is 15.2. The third kappa shape index (κ3) is 3.44. The van der Waals surface area contributed by atoms with Gasteiger partial charge in [-0.25, -0.2) is 4.98 Å². The van der Waals surface area contributed by atoms with E-state index in [9.17, 15) is 18.3 Å². The van der Waals surface area contributed by atoms with Crippen LogP contribution in [0.4, 0.5) is 19.0 Å². The predicted octanol–water partition coefficient (Wildman–Crippen LogP) is 4.16. The number of nitrogens with zero attached hydrogens (tertiary/aromatic N) is 4. The number of fused-ring (bicyclic) bond motifs is 1. The summed E-state index contributed by atoms with van der Waals surface area (Å²) < 4.78 is 40.9. The molecule has 0 amide bonds. The summed E-state index contributed by atoms with van der Waals surface area (Å²) in [5.74, 6) is 0.848. The van der Waals surface area contributed by atoms with E-state index in [1.54, 1.807) is 23.0 Å². The van der Waals surface area contributed by atoms with Crippen molar-refractivity contribution < 1.29 is 18.3 Å². The highest BCUT2D eigenvalue weighted by Crippen LogP contribution is 2.34. The monoisotopic (exact) mass is 390 g/mol. The molecule has 8 heteroatoms. The number of alkyl halides is 3. The minimum atomic E-state index is -4.40. The molecule has 5 nitrogen and oxygen atoms in total. The lowest BCUT2D eigenvalue weighted by Gasteiger charge is -2.37. The van der Waals surface area contributed by atoms with Gasteiger partial charge < -0.3 is 10.0 Å². The first kappa shape index (κ1) is 18.7. The summed E-state index contributed by atoms with van der Waals surface area (Å²) in [6.45, 7) is 0.965. The van der Waals surface area contributed by atoms with Gasteiger partial charge in [0.2, 0.25) is 0 Å². The number of aliphatic hydroxyl groups is 1. The number of aliphatic hydroxyl groups excluding tert-OH is 1. The van der Waals surface area contributed by atoms with E-state index >= 15 is 0 Å². The zero-order valence-corrected chi connectivity index (χ0v) is 15.2. The lowest BCUT2D eigenvalue weighted by molar-refractivity contribution is -0.137. The van der Waals surface area contributed by atoms with Crippen molar-refractivity contribution in [2.45, 2.75) is 37.9 Å². The Labute approximate surface area is 160 Å². The van der Waals surface area contributed by atoms with Gasteiger partial charge in [-0.2, -0.15) is 22.8 Å². The molecule has 1 N–H and O–H groups in total. The molecule has 1 atom stereocenters. The number of rotatable bonds is 4. The Bertz CT molecular complexity index is 967. The van der Waals surface area contributed by atoms with Crippen LogP contribution < -0.4 is 4.90 Å². The first-order chi connectivity index (χ1) is 13.5. The van der Waals surface area contributed by atoms with E-state index in [0.29, 0.717) is 23.2 Å². The Balaban J connectivity index is 1.77. The first-order valence-electron chi connectivity index (χ1n) is 9.37. The minimum absolute atomic E-state index is 0.115. The summed E-state index contributed by atoms with van der Waals surface area (Å²) in [7, 11) is 0. The van der Waals surface area contributed by atoms with E-state index in [-0.39, 0.29) is 12.6 Å². The molecule has 0 spiro atoms. The van der Waals surface area contributed by atoms with Gasteiger partial charge in [0.15, 0.2) is 5.65 Å². The highest BCUT2D eigenvalue weighted by Gasteiger charge is 2.31. The standard InChI is InChI=1S/C20H21F3N4O/c21-20(22,23)15-5-3-4-14(12-15)17-13-25-27-18(7-9-24-19(17)27)26-10-2-1-6-16(26)8-11-28/h3-5,7,9,12-13,16,28H,1-2,6,8,10-11H2. The first-order valence-corrected chi connectivity index (χ1v) is 9.37. The summed E-state index contributed by atoms with van der Waals surface area (Å²) >= 11 is 0. The molecule has 2 aromatic heterocycles. The van der Waals surface area contributed by atoms with Gasteiger partial charge in [0.1, 0.15) is 5.82 Å². The van der Waals surface area contributed by atoms with Gasteiger partial charge >= 0.3 is 6.18 Å². The number of hydrogen-bond acceptors (Lipinski definition) is 4. The fraction of sp³-hybridized carbons (Fsp3) is 0.400. The average Bonchev–Trinajstić information content (AvgIpc) is 3.12. The molecule has 1 aliphatic heterocycles. The Hall–Kier alpha value is -2.61. The molecule has 148 valence electrons. The van der Waals surface area contributed by atoms with Crippen LogP contribution in [0.3, 0.4) is 0 Å². The van der Waals surface area contributed by atoms with Crippen LogP contribution in [-0.2, 0) is 6.18 Å². The van der Waals surface area contributed by atoms with Crippen LogP contribution in [0, 0.1) is 0 Å². The SMILES string of the molecule is OCCC1CCCCN1c1ccnc2c(-c3cccc(C(F)(F)F)c3)cnn12. The van der Waals surface area contributed by atoms with Crippen molar-refractivity contribution in [3.8, 4) is 11.1 Å². The van der Waals surface area contributed by atoms with Gasteiger partial charge in [0, 0.05) is 31.0 Å². The summed E-state index contributed by atoms with van der Waals surface area (Å²) in [6.07, 6.45) is 2.65.